The number of hydrogen-bond acceptors (Lipinski definition) is 7. The summed E-state index contributed by atoms with van der Waals surface area (Å²) in [7, 11) is 0. The number of ether oxygens (including phenoxy) is 3. The van der Waals surface area contributed by atoms with Gasteiger partial charge in [0.25, 0.3) is 0 Å². The van der Waals surface area contributed by atoms with Gasteiger partial charge in [-0.05, 0) is 74.0 Å². The number of rotatable bonds is 9. The predicted octanol–water partition coefficient (Wildman–Crippen LogP) is 6.13. The smallest absolute Gasteiger partial charge is 0.350 e. The second-order valence-corrected chi connectivity index (χ2v) is 11.7. The third-order valence-electron chi connectivity index (χ3n) is 8.08. The van der Waals surface area contributed by atoms with Gasteiger partial charge in [-0.15, -0.1) is 0 Å². The fraction of sp³-hybridized carbons (Fsp3) is 0.375. The third kappa shape index (κ3) is 6.55. The molecule has 2 fully saturated rings. The number of hydrogen-bond donors (Lipinski definition) is 0. The van der Waals surface area contributed by atoms with E-state index in [1.54, 1.807) is 27.7 Å². The molecule has 4 aromatic rings. The van der Waals surface area contributed by atoms with Crippen LogP contribution in [-0.4, -0.2) is 59.8 Å². The van der Waals surface area contributed by atoms with Crippen LogP contribution in [0, 0.1) is 0 Å². The highest BCUT2D eigenvalue weighted by atomic mass is 35.5. The second kappa shape index (κ2) is 13.0. The molecular weight excluding hydrogens is 589 g/mol. The summed E-state index contributed by atoms with van der Waals surface area (Å²) in [5.41, 5.74) is 3.78. The molecule has 3 atom stereocenters. The molecule has 9 nitrogen and oxygen atoms in total. The molecule has 0 aliphatic carbocycles. The van der Waals surface area contributed by atoms with Crippen molar-refractivity contribution in [1.29, 1.82) is 0 Å². The number of anilines is 2. The maximum atomic E-state index is 12.7. The number of aromatic nitrogens is 3. The maximum Gasteiger partial charge on any atom is 0.350 e. The van der Waals surface area contributed by atoms with E-state index < -0.39 is 6.29 Å². The van der Waals surface area contributed by atoms with E-state index in [1.807, 2.05) is 44.2 Å². The van der Waals surface area contributed by atoms with Gasteiger partial charge in [-0.25, -0.2) is 14.0 Å². The number of piperazine rings is 1. The Labute approximate surface area is 261 Å². The van der Waals surface area contributed by atoms with Crippen LogP contribution in [0.3, 0.4) is 0 Å². The lowest BCUT2D eigenvalue weighted by Gasteiger charge is -2.37. The normalized spacial score (nSPS) is 19.5. The molecule has 0 N–H and O–H groups in total. The zero-order valence-electron chi connectivity index (χ0n) is 24.2. The van der Waals surface area contributed by atoms with Gasteiger partial charge in [0, 0.05) is 48.1 Å². The zero-order valence-corrected chi connectivity index (χ0v) is 25.7. The van der Waals surface area contributed by atoms with Gasteiger partial charge in [0.1, 0.15) is 24.8 Å². The van der Waals surface area contributed by atoms with Crippen LogP contribution in [0.5, 0.6) is 5.75 Å². The third-order valence-corrected chi connectivity index (χ3v) is 8.64. The molecule has 0 saturated carbocycles. The van der Waals surface area contributed by atoms with Crippen molar-refractivity contribution in [1.82, 2.24) is 14.3 Å². The SMILES string of the molecule is CCC(C)n1ncn(-c2ccc(N3CCN(c4ccc(OC[C@@H]5COC(c6ccc(Cl)cc6Cl)O5)cc4)CC3)cc2)c1=O. The lowest BCUT2D eigenvalue weighted by atomic mass is 10.2. The molecule has 226 valence electrons. The Morgan fingerprint density at radius 2 is 1.56 bits per heavy atom. The Bertz CT molecular complexity index is 1580. The van der Waals surface area contributed by atoms with Gasteiger partial charge in [-0.3, -0.25) is 0 Å². The van der Waals surface area contributed by atoms with Gasteiger partial charge >= 0.3 is 5.69 Å². The van der Waals surface area contributed by atoms with Crippen LogP contribution in [-0.2, 0) is 9.47 Å². The molecule has 0 spiro atoms. The van der Waals surface area contributed by atoms with Crippen LogP contribution in [0.15, 0.2) is 77.9 Å². The van der Waals surface area contributed by atoms with Gasteiger partial charge in [0.2, 0.25) is 0 Å². The van der Waals surface area contributed by atoms with Crippen LogP contribution in [0.1, 0.15) is 38.2 Å². The molecule has 2 aliphatic heterocycles. The van der Waals surface area contributed by atoms with Crippen molar-refractivity contribution in [3.8, 4) is 11.4 Å². The minimum absolute atomic E-state index is 0.0737. The van der Waals surface area contributed by atoms with E-state index in [-0.39, 0.29) is 17.8 Å². The summed E-state index contributed by atoms with van der Waals surface area (Å²) in [6.07, 6.45) is 1.74. The van der Waals surface area contributed by atoms with E-state index >= 15 is 0 Å². The average molecular weight is 625 g/mol. The molecule has 0 amide bonds. The van der Waals surface area contributed by atoms with E-state index in [9.17, 15) is 4.79 Å². The zero-order chi connectivity index (χ0) is 29.9. The Kier molecular flexibility index (Phi) is 8.95. The molecule has 0 radical (unpaired) electrons. The highest BCUT2D eigenvalue weighted by Gasteiger charge is 2.29. The summed E-state index contributed by atoms with van der Waals surface area (Å²) in [5, 5.41) is 5.38. The Hall–Kier alpha value is -3.50. The number of benzene rings is 3. The van der Waals surface area contributed by atoms with Crippen LogP contribution in [0.25, 0.3) is 5.69 Å². The van der Waals surface area contributed by atoms with E-state index in [4.69, 9.17) is 37.4 Å². The van der Waals surface area contributed by atoms with Crippen molar-refractivity contribution in [2.75, 3.05) is 49.2 Å². The van der Waals surface area contributed by atoms with Gasteiger partial charge in [-0.2, -0.15) is 5.10 Å². The summed E-state index contributed by atoms with van der Waals surface area (Å²) in [4.78, 5) is 17.5. The number of nitrogens with zero attached hydrogens (tertiary/aromatic N) is 5. The predicted molar refractivity (Wildman–Crippen MR) is 169 cm³/mol. The molecule has 2 unspecified atom stereocenters. The minimum atomic E-state index is -0.526. The molecule has 2 aliphatic rings. The molecule has 3 aromatic carbocycles. The average Bonchev–Trinajstić information content (AvgIpc) is 3.67. The van der Waals surface area contributed by atoms with E-state index in [0.29, 0.717) is 23.3 Å². The topological polar surface area (TPSA) is 74.0 Å². The molecule has 11 heteroatoms. The van der Waals surface area contributed by atoms with Gasteiger partial charge < -0.3 is 24.0 Å². The van der Waals surface area contributed by atoms with Crippen molar-refractivity contribution < 1.29 is 14.2 Å². The van der Waals surface area contributed by atoms with Crippen LogP contribution in [0.4, 0.5) is 11.4 Å². The summed E-state index contributed by atoms with van der Waals surface area (Å²) < 4.78 is 20.9. The largest absolute Gasteiger partial charge is 0.491 e. The first kappa shape index (κ1) is 29.6. The first-order valence-corrected chi connectivity index (χ1v) is 15.4. The lowest BCUT2D eigenvalue weighted by molar-refractivity contribution is -0.0658. The molecule has 0 bridgehead atoms. The van der Waals surface area contributed by atoms with Gasteiger partial charge in [-0.1, -0.05) is 36.2 Å². The van der Waals surface area contributed by atoms with Crippen LogP contribution in [0.2, 0.25) is 10.0 Å². The fourth-order valence-electron chi connectivity index (χ4n) is 5.35. The summed E-state index contributed by atoms with van der Waals surface area (Å²) in [5.74, 6) is 0.785. The molecular formula is C32H35Cl2N5O4. The molecule has 6 rings (SSSR count). The van der Waals surface area contributed by atoms with Crippen molar-refractivity contribution in [3.05, 3.63) is 99.2 Å². The van der Waals surface area contributed by atoms with Crippen LogP contribution >= 0.6 is 23.2 Å². The molecule has 43 heavy (non-hydrogen) atoms. The van der Waals surface area contributed by atoms with Crippen molar-refractivity contribution >= 4 is 34.6 Å². The monoisotopic (exact) mass is 623 g/mol. The first-order valence-electron chi connectivity index (χ1n) is 14.6. The quantitative estimate of drug-likeness (QED) is 0.222. The molecule has 2 saturated heterocycles. The lowest BCUT2D eigenvalue weighted by Crippen LogP contribution is -2.46. The Balaban J connectivity index is 0.981. The summed E-state index contributed by atoms with van der Waals surface area (Å²) in [6, 6.07) is 21.7. The van der Waals surface area contributed by atoms with Crippen molar-refractivity contribution in [3.63, 3.8) is 0 Å². The Morgan fingerprint density at radius 3 is 2.19 bits per heavy atom. The highest BCUT2D eigenvalue weighted by Crippen LogP contribution is 2.33. The maximum absolute atomic E-state index is 12.7. The van der Waals surface area contributed by atoms with Gasteiger partial charge in [0.05, 0.1) is 23.4 Å². The second-order valence-electron chi connectivity index (χ2n) is 10.9. The molecule has 1 aromatic heterocycles. The van der Waals surface area contributed by atoms with Crippen LogP contribution < -0.4 is 20.2 Å². The standard InChI is InChI=1S/C32H35Cl2N5O4/c1-3-22(2)39-32(40)38(21-35-39)26-7-5-24(6-8-26)36-14-16-37(17-15-36)25-9-11-27(12-10-25)41-19-28-20-42-31(43-28)29-13-4-23(33)18-30(29)34/h4-13,18,21-22,28,31H,3,14-17,19-20H2,1-2H3/t22?,28-,31?/m1/s1. The fourth-order valence-corrected chi connectivity index (χ4v) is 5.85. The van der Waals surface area contributed by atoms with E-state index in [2.05, 4.69) is 39.2 Å². The van der Waals surface area contributed by atoms with E-state index in [1.165, 1.54) is 0 Å². The molecule has 3 heterocycles. The van der Waals surface area contributed by atoms with Gasteiger partial charge in [0.15, 0.2) is 6.29 Å². The van der Waals surface area contributed by atoms with Crippen molar-refractivity contribution in [2.24, 2.45) is 0 Å². The van der Waals surface area contributed by atoms with E-state index in [0.717, 1.165) is 61.0 Å². The number of halogens is 2. The highest BCUT2D eigenvalue weighted by molar-refractivity contribution is 6.35. The Morgan fingerprint density at radius 1 is 0.930 bits per heavy atom. The summed E-state index contributed by atoms with van der Waals surface area (Å²) in [6.45, 7) is 8.48. The minimum Gasteiger partial charge on any atom is -0.491 e. The van der Waals surface area contributed by atoms with Crippen molar-refractivity contribution in [2.45, 2.75) is 38.7 Å². The first-order chi connectivity index (χ1) is 20.9. The summed E-state index contributed by atoms with van der Waals surface area (Å²) >= 11 is 12.3.